The van der Waals surface area contributed by atoms with Crippen molar-refractivity contribution in [3.63, 3.8) is 0 Å². The summed E-state index contributed by atoms with van der Waals surface area (Å²) in [5.74, 6) is 5.54. The first kappa shape index (κ1) is 14.5. The van der Waals surface area contributed by atoms with E-state index >= 15 is 0 Å². The number of hydrogen-bond donors (Lipinski definition) is 2. The number of nitrogens with one attached hydrogen (secondary N) is 1. The van der Waals surface area contributed by atoms with Crippen LogP contribution in [0, 0.1) is 0 Å². The van der Waals surface area contributed by atoms with Crippen molar-refractivity contribution in [2.75, 3.05) is 0 Å². The molecule has 4 heteroatoms. The molecule has 1 rings (SSSR count). The summed E-state index contributed by atoms with van der Waals surface area (Å²) in [6.07, 6.45) is 5.89. The van der Waals surface area contributed by atoms with Crippen molar-refractivity contribution in [3.05, 3.63) is 46.5 Å². The maximum Gasteiger partial charge on any atom is 0.0595 e. The van der Waals surface area contributed by atoms with E-state index in [1.165, 1.54) is 0 Å². The zero-order chi connectivity index (χ0) is 12.7. The van der Waals surface area contributed by atoms with Gasteiger partial charge in [0, 0.05) is 6.04 Å². The highest BCUT2D eigenvalue weighted by Crippen LogP contribution is 2.23. The van der Waals surface area contributed by atoms with Gasteiger partial charge in [0.1, 0.15) is 0 Å². The monoisotopic (exact) mass is 272 g/mol. The molecule has 2 nitrogen and oxygen atoms in total. The minimum absolute atomic E-state index is 0.257. The first-order valence-electron chi connectivity index (χ1n) is 5.68. The van der Waals surface area contributed by atoms with Gasteiger partial charge in [-0.2, -0.15) is 0 Å². The topological polar surface area (TPSA) is 38.0 Å². The van der Waals surface area contributed by atoms with E-state index < -0.39 is 0 Å². The van der Waals surface area contributed by atoms with Crippen molar-refractivity contribution in [2.24, 2.45) is 5.84 Å². The minimum atomic E-state index is 0.257. The SMILES string of the molecule is C=CCCCC(Cc1ccc(Cl)c(Cl)c1)NN. The fourth-order valence-corrected chi connectivity index (χ4v) is 2.02. The Kier molecular flexibility index (Phi) is 6.60. The molecule has 0 aliphatic rings. The van der Waals surface area contributed by atoms with Crippen LogP contribution in [-0.2, 0) is 6.42 Å². The number of benzene rings is 1. The van der Waals surface area contributed by atoms with Crippen LogP contribution in [0.1, 0.15) is 24.8 Å². The van der Waals surface area contributed by atoms with E-state index in [9.17, 15) is 0 Å². The van der Waals surface area contributed by atoms with Gasteiger partial charge in [0.2, 0.25) is 0 Å². The number of nitrogens with two attached hydrogens (primary N) is 1. The van der Waals surface area contributed by atoms with Gasteiger partial charge < -0.3 is 0 Å². The molecule has 0 aliphatic heterocycles. The lowest BCUT2D eigenvalue weighted by molar-refractivity contribution is 0.478. The molecule has 0 radical (unpaired) electrons. The number of allylic oxidation sites excluding steroid dienone is 1. The van der Waals surface area contributed by atoms with Crippen LogP contribution in [-0.4, -0.2) is 6.04 Å². The summed E-state index contributed by atoms with van der Waals surface area (Å²) in [5.41, 5.74) is 3.97. The van der Waals surface area contributed by atoms with Crippen LogP contribution >= 0.6 is 23.2 Å². The maximum absolute atomic E-state index is 5.97. The Morgan fingerprint density at radius 2 is 2.12 bits per heavy atom. The van der Waals surface area contributed by atoms with Crippen LogP contribution in [0.4, 0.5) is 0 Å². The van der Waals surface area contributed by atoms with Crippen molar-refractivity contribution < 1.29 is 0 Å². The first-order chi connectivity index (χ1) is 8.17. The summed E-state index contributed by atoms with van der Waals surface area (Å²) in [4.78, 5) is 0. The number of hydrogen-bond acceptors (Lipinski definition) is 2. The number of unbranched alkanes of at least 4 members (excludes halogenated alkanes) is 1. The van der Waals surface area contributed by atoms with Crippen LogP contribution in [0.2, 0.25) is 10.0 Å². The fraction of sp³-hybridized carbons (Fsp3) is 0.385. The molecule has 1 unspecified atom stereocenters. The van der Waals surface area contributed by atoms with Gasteiger partial charge in [0.15, 0.2) is 0 Å². The molecule has 0 saturated heterocycles. The quantitative estimate of drug-likeness (QED) is 0.344. The highest BCUT2D eigenvalue weighted by atomic mass is 35.5. The molecule has 0 saturated carbocycles. The van der Waals surface area contributed by atoms with E-state index in [1.807, 2.05) is 24.3 Å². The molecule has 0 fully saturated rings. The summed E-state index contributed by atoms with van der Waals surface area (Å²) in [6, 6.07) is 5.94. The standard InChI is InChI=1S/C13H18Cl2N2/c1-2-3-4-5-11(17-16)8-10-6-7-12(14)13(15)9-10/h2,6-7,9,11,17H,1,3-5,8,16H2. The van der Waals surface area contributed by atoms with Gasteiger partial charge in [0.25, 0.3) is 0 Å². The van der Waals surface area contributed by atoms with Gasteiger partial charge in [-0.15, -0.1) is 6.58 Å². The molecule has 0 bridgehead atoms. The Hall–Kier alpha value is -0.540. The maximum atomic E-state index is 5.97. The Balaban J connectivity index is 2.54. The van der Waals surface area contributed by atoms with Crippen LogP contribution < -0.4 is 11.3 Å². The van der Waals surface area contributed by atoms with E-state index in [-0.39, 0.29) is 6.04 Å². The van der Waals surface area contributed by atoms with E-state index in [0.717, 1.165) is 31.2 Å². The van der Waals surface area contributed by atoms with Crippen LogP contribution in [0.5, 0.6) is 0 Å². The minimum Gasteiger partial charge on any atom is -0.271 e. The molecule has 94 valence electrons. The molecule has 0 heterocycles. The van der Waals surface area contributed by atoms with Crippen LogP contribution in [0.3, 0.4) is 0 Å². The average Bonchev–Trinajstić information content (AvgIpc) is 2.32. The van der Waals surface area contributed by atoms with Gasteiger partial charge >= 0.3 is 0 Å². The number of rotatable bonds is 7. The lowest BCUT2D eigenvalue weighted by Gasteiger charge is -2.15. The van der Waals surface area contributed by atoms with Crippen molar-refractivity contribution in [2.45, 2.75) is 31.7 Å². The Morgan fingerprint density at radius 3 is 2.71 bits per heavy atom. The molecule has 1 aromatic rings. The molecule has 0 aromatic heterocycles. The van der Waals surface area contributed by atoms with Crippen molar-refractivity contribution >= 4 is 23.2 Å². The fourth-order valence-electron chi connectivity index (χ4n) is 1.70. The van der Waals surface area contributed by atoms with E-state index in [0.29, 0.717) is 10.0 Å². The zero-order valence-corrected chi connectivity index (χ0v) is 11.3. The molecule has 0 amide bonds. The highest BCUT2D eigenvalue weighted by Gasteiger charge is 2.08. The van der Waals surface area contributed by atoms with Gasteiger partial charge in [0.05, 0.1) is 10.0 Å². The zero-order valence-electron chi connectivity index (χ0n) is 9.76. The predicted octanol–water partition coefficient (Wildman–Crippen LogP) is 3.72. The Labute approximate surface area is 113 Å². The molecular weight excluding hydrogens is 255 g/mol. The third-order valence-corrected chi connectivity index (χ3v) is 3.40. The van der Waals surface area contributed by atoms with E-state index in [2.05, 4.69) is 12.0 Å². The Morgan fingerprint density at radius 1 is 1.35 bits per heavy atom. The largest absolute Gasteiger partial charge is 0.271 e. The van der Waals surface area contributed by atoms with Gasteiger partial charge in [-0.25, -0.2) is 0 Å². The molecular formula is C13H18Cl2N2. The molecule has 1 atom stereocenters. The second-order valence-corrected chi connectivity index (χ2v) is 4.85. The molecule has 3 N–H and O–H groups in total. The molecule has 0 spiro atoms. The summed E-state index contributed by atoms with van der Waals surface area (Å²) in [7, 11) is 0. The summed E-state index contributed by atoms with van der Waals surface area (Å²) in [5, 5.41) is 1.17. The van der Waals surface area contributed by atoms with Crippen molar-refractivity contribution in [3.8, 4) is 0 Å². The summed E-state index contributed by atoms with van der Waals surface area (Å²) >= 11 is 11.8. The van der Waals surface area contributed by atoms with E-state index in [4.69, 9.17) is 29.0 Å². The van der Waals surface area contributed by atoms with Crippen molar-refractivity contribution in [1.29, 1.82) is 0 Å². The molecule has 1 aromatic carbocycles. The summed E-state index contributed by atoms with van der Waals surface area (Å²) < 4.78 is 0. The summed E-state index contributed by atoms with van der Waals surface area (Å²) in [6.45, 7) is 3.70. The van der Waals surface area contributed by atoms with Gasteiger partial charge in [-0.3, -0.25) is 11.3 Å². The lowest BCUT2D eigenvalue weighted by Crippen LogP contribution is -2.36. The van der Waals surface area contributed by atoms with Gasteiger partial charge in [-0.05, 0) is 43.4 Å². The van der Waals surface area contributed by atoms with Gasteiger partial charge in [-0.1, -0.05) is 35.3 Å². The smallest absolute Gasteiger partial charge is 0.0595 e. The third kappa shape index (κ3) is 5.09. The second kappa shape index (κ2) is 7.72. The highest BCUT2D eigenvalue weighted by molar-refractivity contribution is 6.42. The van der Waals surface area contributed by atoms with Crippen molar-refractivity contribution in [1.82, 2.24) is 5.43 Å². The first-order valence-corrected chi connectivity index (χ1v) is 6.44. The molecule has 17 heavy (non-hydrogen) atoms. The van der Waals surface area contributed by atoms with Crippen LogP contribution in [0.15, 0.2) is 30.9 Å². The second-order valence-electron chi connectivity index (χ2n) is 4.04. The van der Waals surface area contributed by atoms with Crippen LogP contribution in [0.25, 0.3) is 0 Å². The number of halogens is 2. The average molecular weight is 273 g/mol. The van der Waals surface area contributed by atoms with E-state index in [1.54, 1.807) is 0 Å². The number of hydrazine groups is 1. The Bertz CT molecular complexity index is 366. The third-order valence-electron chi connectivity index (χ3n) is 2.66. The molecule has 0 aliphatic carbocycles. The predicted molar refractivity (Wildman–Crippen MR) is 75.3 cm³/mol. The lowest BCUT2D eigenvalue weighted by atomic mass is 10.0. The normalized spacial score (nSPS) is 12.4.